The van der Waals surface area contributed by atoms with Crippen molar-refractivity contribution in [3.63, 3.8) is 0 Å². The average Bonchev–Trinajstić information content (AvgIpc) is 2.87. The Labute approximate surface area is 76.5 Å². The first-order chi connectivity index (χ1) is 6.28. The molecule has 0 amide bonds. The predicted molar refractivity (Wildman–Crippen MR) is 48.0 cm³/mol. The van der Waals surface area contributed by atoms with Gasteiger partial charge in [0.1, 0.15) is 5.54 Å². The van der Waals surface area contributed by atoms with Crippen molar-refractivity contribution in [1.29, 1.82) is 0 Å². The zero-order chi connectivity index (χ0) is 9.31. The van der Waals surface area contributed by atoms with Crippen molar-refractivity contribution in [2.24, 2.45) is 4.99 Å². The molecule has 3 heteroatoms. The summed E-state index contributed by atoms with van der Waals surface area (Å²) in [7, 11) is 0. The van der Waals surface area contributed by atoms with Crippen LogP contribution in [0.4, 0.5) is 0 Å². The van der Waals surface area contributed by atoms with Gasteiger partial charge in [-0.2, -0.15) is 4.99 Å². The fraction of sp³-hybridized carbons (Fsp3) is 0.400. The number of aliphatic imine (C=N–C) groups is 1. The summed E-state index contributed by atoms with van der Waals surface area (Å²) in [4.78, 5) is 18.3. The first-order valence-corrected chi connectivity index (χ1v) is 4.30. The number of nitrogens with zero attached hydrogens (tertiary/aromatic N) is 2. The van der Waals surface area contributed by atoms with Crippen molar-refractivity contribution in [2.75, 3.05) is 0 Å². The molecule has 0 N–H and O–H groups in total. The zero-order valence-electron chi connectivity index (χ0n) is 7.45. The van der Waals surface area contributed by atoms with Crippen LogP contribution in [0.5, 0.6) is 0 Å². The molecule has 1 aliphatic rings. The van der Waals surface area contributed by atoms with E-state index in [1.54, 1.807) is 12.3 Å². The number of rotatable bonds is 2. The van der Waals surface area contributed by atoms with Gasteiger partial charge >= 0.3 is 0 Å². The highest BCUT2D eigenvalue weighted by Gasteiger charge is 2.45. The lowest BCUT2D eigenvalue weighted by Gasteiger charge is -2.09. The smallest absolute Gasteiger partial charge is 0.235 e. The van der Waals surface area contributed by atoms with E-state index in [9.17, 15) is 4.79 Å². The van der Waals surface area contributed by atoms with Crippen molar-refractivity contribution >= 4 is 6.08 Å². The summed E-state index contributed by atoms with van der Waals surface area (Å²) in [5, 5.41) is 0. The second kappa shape index (κ2) is 2.79. The van der Waals surface area contributed by atoms with Gasteiger partial charge in [0.15, 0.2) is 0 Å². The monoisotopic (exact) mass is 174 g/mol. The minimum atomic E-state index is -0.278. The van der Waals surface area contributed by atoms with Crippen LogP contribution in [0.15, 0.2) is 23.3 Å². The normalized spacial score (nSPS) is 17.6. The lowest BCUT2D eigenvalue weighted by atomic mass is 10.0. The maximum Gasteiger partial charge on any atom is 0.235 e. The third kappa shape index (κ3) is 1.27. The molecule has 1 heterocycles. The standard InChI is InChI=1S/C10H10N2O/c1-8-9(3-2-6-11-8)10(4-5-10)12-7-13/h2-3,6H,4-5H2,1H3. The van der Waals surface area contributed by atoms with E-state index >= 15 is 0 Å². The molecule has 0 unspecified atom stereocenters. The van der Waals surface area contributed by atoms with Gasteiger partial charge in [0.25, 0.3) is 0 Å². The highest BCUT2D eigenvalue weighted by molar-refractivity contribution is 5.42. The molecule has 2 rings (SSSR count). The summed E-state index contributed by atoms with van der Waals surface area (Å²) >= 11 is 0. The van der Waals surface area contributed by atoms with Crippen LogP contribution in [0.25, 0.3) is 0 Å². The number of isocyanates is 1. The van der Waals surface area contributed by atoms with Gasteiger partial charge in [0.05, 0.1) is 0 Å². The van der Waals surface area contributed by atoms with Crippen molar-refractivity contribution in [3.8, 4) is 0 Å². The van der Waals surface area contributed by atoms with Crippen LogP contribution in [-0.4, -0.2) is 11.1 Å². The Morgan fingerprint density at radius 3 is 2.92 bits per heavy atom. The summed E-state index contributed by atoms with van der Waals surface area (Å²) < 4.78 is 0. The minimum Gasteiger partial charge on any atom is -0.261 e. The van der Waals surface area contributed by atoms with Gasteiger partial charge in [-0.1, -0.05) is 6.07 Å². The van der Waals surface area contributed by atoms with Crippen LogP contribution >= 0.6 is 0 Å². The Morgan fingerprint density at radius 2 is 2.38 bits per heavy atom. The summed E-state index contributed by atoms with van der Waals surface area (Å²) in [6, 6.07) is 3.86. The number of carbonyl (C=O) groups excluding carboxylic acids is 1. The molecule has 13 heavy (non-hydrogen) atoms. The van der Waals surface area contributed by atoms with Crippen LogP contribution in [0.3, 0.4) is 0 Å². The summed E-state index contributed by atoms with van der Waals surface area (Å²) in [6.07, 6.45) is 5.27. The van der Waals surface area contributed by atoms with Gasteiger partial charge in [-0.25, -0.2) is 4.79 Å². The predicted octanol–water partition coefficient (Wildman–Crippen LogP) is 1.71. The van der Waals surface area contributed by atoms with Crippen molar-refractivity contribution in [1.82, 2.24) is 4.98 Å². The number of aryl methyl sites for hydroxylation is 1. The fourth-order valence-electron chi connectivity index (χ4n) is 1.62. The molecule has 0 aromatic carbocycles. The van der Waals surface area contributed by atoms with Gasteiger partial charge in [-0.15, -0.1) is 0 Å². The SMILES string of the molecule is Cc1ncccc1C1(N=C=O)CC1. The molecule has 0 atom stereocenters. The van der Waals surface area contributed by atoms with Crippen LogP contribution in [0.2, 0.25) is 0 Å². The molecule has 1 aromatic heterocycles. The molecule has 0 bridgehead atoms. The molecule has 1 aliphatic carbocycles. The average molecular weight is 174 g/mol. The van der Waals surface area contributed by atoms with E-state index in [2.05, 4.69) is 9.98 Å². The fourth-order valence-corrected chi connectivity index (χ4v) is 1.62. The second-order valence-electron chi connectivity index (χ2n) is 3.37. The Bertz CT molecular complexity index is 376. The Morgan fingerprint density at radius 1 is 1.62 bits per heavy atom. The van der Waals surface area contributed by atoms with Crippen molar-refractivity contribution < 1.29 is 4.79 Å². The maximum atomic E-state index is 10.2. The molecule has 1 saturated carbocycles. The van der Waals surface area contributed by atoms with Crippen LogP contribution < -0.4 is 0 Å². The van der Waals surface area contributed by atoms with Gasteiger partial charge in [0.2, 0.25) is 6.08 Å². The van der Waals surface area contributed by atoms with E-state index in [-0.39, 0.29) is 5.54 Å². The lowest BCUT2D eigenvalue weighted by Crippen LogP contribution is -2.05. The quantitative estimate of drug-likeness (QED) is 0.506. The summed E-state index contributed by atoms with van der Waals surface area (Å²) in [6.45, 7) is 1.94. The van der Waals surface area contributed by atoms with E-state index < -0.39 is 0 Å². The third-order valence-corrected chi connectivity index (χ3v) is 2.49. The van der Waals surface area contributed by atoms with E-state index in [1.165, 1.54) is 0 Å². The number of hydrogen-bond acceptors (Lipinski definition) is 3. The van der Waals surface area contributed by atoms with Crippen LogP contribution in [-0.2, 0) is 10.3 Å². The molecule has 1 aromatic rings. The largest absolute Gasteiger partial charge is 0.261 e. The van der Waals surface area contributed by atoms with E-state index in [4.69, 9.17) is 0 Å². The first-order valence-electron chi connectivity index (χ1n) is 4.30. The molecule has 0 radical (unpaired) electrons. The number of hydrogen-bond donors (Lipinski definition) is 0. The maximum absolute atomic E-state index is 10.2. The van der Waals surface area contributed by atoms with Gasteiger partial charge in [0, 0.05) is 17.5 Å². The summed E-state index contributed by atoms with van der Waals surface area (Å²) in [5.74, 6) is 0. The Hall–Kier alpha value is -1.47. The van der Waals surface area contributed by atoms with Gasteiger partial charge in [-0.3, -0.25) is 4.98 Å². The van der Waals surface area contributed by atoms with Crippen molar-refractivity contribution in [3.05, 3.63) is 29.6 Å². The highest BCUT2D eigenvalue weighted by atomic mass is 16.1. The second-order valence-corrected chi connectivity index (χ2v) is 3.37. The Balaban J connectivity index is 2.46. The van der Waals surface area contributed by atoms with Gasteiger partial charge < -0.3 is 0 Å². The first kappa shape index (κ1) is 8.14. The zero-order valence-corrected chi connectivity index (χ0v) is 7.45. The molecule has 66 valence electrons. The van der Waals surface area contributed by atoms with Gasteiger partial charge in [-0.05, 0) is 25.8 Å². The number of pyridine rings is 1. The Kier molecular flexibility index (Phi) is 1.74. The van der Waals surface area contributed by atoms with Crippen LogP contribution in [0, 0.1) is 6.92 Å². The van der Waals surface area contributed by atoms with E-state index in [1.807, 2.05) is 19.1 Å². The number of aromatic nitrogens is 1. The molecule has 3 nitrogen and oxygen atoms in total. The van der Waals surface area contributed by atoms with Crippen molar-refractivity contribution in [2.45, 2.75) is 25.3 Å². The van der Waals surface area contributed by atoms with Crippen LogP contribution in [0.1, 0.15) is 24.1 Å². The van der Waals surface area contributed by atoms with E-state index in [0.717, 1.165) is 24.1 Å². The minimum absolute atomic E-state index is 0.278. The molecule has 0 saturated heterocycles. The molecular weight excluding hydrogens is 164 g/mol. The summed E-state index contributed by atoms with van der Waals surface area (Å²) in [5.41, 5.74) is 1.75. The molecule has 0 aliphatic heterocycles. The molecular formula is C10H10N2O. The van der Waals surface area contributed by atoms with E-state index in [0.29, 0.717) is 0 Å². The highest BCUT2D eigenvalue weighted by Crippen LogP contribution is 2.49. The topological polar surface area (TPSA) is 42.3 Å². The third-order valence-electron chi connectivity index (χ3n) is 2.49. The molecule has 0 spiro atoms. The lowest BCUT2D eigenvalue weighted by molar-refractivity contribution is 0.556. The molecule has 1 fully saturated rings.